The maximum atomic E-state index is 11.9. The topological polar surface area (TPSA) is 88.1 Å². The van der Waals surface area contributed by atoms with E-state index < -0.39 is 5.97 Å². The fourth-order valence-electron chi connectivity index (χ4n) is 1.73. The molecule has 1 aromatic heterocycles. The van der Waals surface area contributed by atoms with Crippen molar-refractivity contribution in [1.82, 2.24) is 0 Å². The molecule has 6 heteroatoms. The number of esters is 1. The predicted molar refractivity (Wildman–Crippen MR) is 70.6 cm³/mol. The molecular weight excluding hydrogens is 250 g/mol. The molecule has 0 aliphatic heterocycles. The first-order chi connectivity index (χ1) is 8.58. The largest absolute Gasteiger partial charge is 0.462 e. The lowest BCUT2D eigenvalue weighted by Gasteiger charge is -2.06. The van der Waals surface area contributed by atoms with Crippen LogP contribution in [0.3, 0.4) is 0 Å². The summed E-state index contributed by atoms with van der Waals surface area (Å²) < 4.78 is 4.97. The SMILES string of the molecule is CCOC(=O)c1c(NC2CC2C)sc(C#N)c1N. The van der Waals surface area contributed by atoms with Gasteiger partial charge in [0.15, 0.2) is 0 Å². The van der Waals surface area contributed by atoms with E-state index in [1.165, 1.54) is 11.3 Å². The minimum Gasteiger partial charge on any atom is -0.462 e. The molecule has 1 aliphatic carbocycles. The number of thiophene rings is 1. The second kappa shape index (κ2) is 4.86. The molecule has 1 fully saturated rings. The van der Waals surface area contributed by atoms with E-state index in [2.05, 4.69) is 12.2 Å². The summed E-state index contributed by atoms with van der Waals surface area (Å²) in [5.74, 6) is 0.123. The molecular formula is C12H15N3O2S. The van der Waals surface area contributed by atoms with Crippen LogP contribution in [-0.2, 0) is 4.74 Å². The Kier molecular flexibility index (Phi) is 3.43. The zero-order valence-electron chi connectivity index (χ0n) is 10.3. The highest BCUT2D eigenvalue weighted by Crippen LogP contribution is 2.40. The number of nitrogen functional groups attached to an aromatic ring is 1. The van der Waals surface area contributed by atoms with Gasteiger partial charge in [0.25, 0.3) is 0 Å². The summed E-state index contributed by atoms with van der Waals surface area (Å²) in [6.07, 6.45) is 1.07. The maximum absolute atomic E-state index is 11.9. The van der Waals surface area contributed by atoms with Crippen LogP contribution in [0.5, 0.6) is 0 Å². The summed E-state index contributed by atoms with van der Waals surface area (Å²) in [7, 11) is 0. The molecule has 2 unspecified atom stereocenters. The average Bonchev–Trinajstić information content (AvgIpc) is 2.90. The first kappa shape index (κ1) is 12.7. The Morgan fingerprint density at radius 3 is 2.89 bits per heavy atom. The molecule has 1 saturated carbocycles. The molecule has 1 heterocycles. The van der Waals surface area contributed by atoms with Crippen molar-refractivity contribution in [2.24, 2.45) is 5.92 Å². The number of hydrogen-bond acceptors (Lipinski definition) is 6. The monoisotopic (exact) mass is 265 g/mol. The van der Waals surface area contributed by atoms with Gasteiger partial charge in [0.2, 0.25) is 0 Å². The summed E-state index contributed by atoms with van der Waals surface area (Å²) in [4.78, 5) is 12.2. The van der Waals surface area contributed by atoms with E-state index >= 15 is 0 Å². The molecule has 0 bridgehead atoms. The van der Waals surface area contributed by atoms with Gasteiger partial charge in [0.05, 0.1) is 12.3 Å². The first-order valence-corrected chi connectivity index (χ1v) is 6.66. The van der Waals surface area contributed by atoms with Gasteiger partial charge in [-0.25, -0.2) is 4.79 Å². The van der Waals surface area contributed by atoms with Gasteiger partial charge in [-0.05, 0) is 19.3 Å². The second-order valence-corrected chi connectivity index (χ2v) is 5.37. The first-order valence-electron chi connectivity index (χ1n) is 5.84. The van der Waals surface area contributed by atoms with Crippen LogP contribution in [0.4, 0.5) is 10.7 Å². The Bertz CT molecular complexity index is 518. The average molecular weight is 265 g/mol. The van der Waals surface area contributed by atoms with Crippen LogP contribution in [0.25, 0.3) is 0 Å². The van der Waals surface area contributed by atoms with E-state index in [1.807, 2.05) is 6.07 Å². The van der Waals surface area contributed by atoms with Gasteiger partial charge >= 0.3 is 5.97 Å². The van der Waals surface area contributed by atoms with Gasteiger partial charge in [-0.2, -0.15) is 5.26 Å². The number of nitrogens with two attached hydrogens (primary N) is 1. The van der Waals surface area contributed by atoms with Crippen LogP contribution in [-0.4, -0.2) is 18.6 Å². The van der Waals surface area contributed by atoms with Crippen molar-refractivity contribution in [2.75, 3.05) is 17.7 Å². The fraction of sp³-hybridized carbons (Fsp3) is 0.500. The molecule has 1 aliphatic rings. The smallest absolute Gasteiger partial charge is 0.343 e. The highest BCUT2D eigenvalue weighted by atomic mass is 32.1. The number of carbonyl (C=O) groups excluding carboxylic acids is 1. The third kappa shape index (κ3) is 2.27. The Hall–Kier alpha value is -1.74. The van der Waals surface area contributed by atoms with Crippen molar-refractivity contribution in [2.45, 2.75) is 26.3 Å². The lowest BCUT2D eigenvalue weighted by molar-refractivity contribution is 0.0529. The summed E-state index contributed by atoms with van der Waals surface area (Å²) in [5.41, 5.74) is 6.35. The van der Waals surface area contributed by atoms with E-state index in [0.717, 1.165) is 6.42 Å². The Morgan fingerprint density at radius 1 is 1.72 bits per heavy atom. The van der Waals surface area contributed by atoms with Crippen molar-refractivity contribution in [1.29, 1.82) is 5.26 Å². The number of nitrogens with one attached hydrogen (secondary N) is 1. The third-order valence-corrected chi connectivity index (χ3v) is 3.99. The van der Waals surface area contributed by atoms with E-state index in [1.54, 1.807) is 6.92 Å². The number of rotatable bonds is 4. The van der Waals surface area contributed by atoms with E-state index in [-0.39, 0.29) is 12.3 Å². The number of hydrogen-bond donors (Lipinski definition) is 2. The van der Waals surface area contributed by atoms with Crippen LogP contribution in [0, 0.1) is 17.2 Å². The molecule has 0 amide bonds. The van der Waals surface area contributed by atoms with Crippen molar-refractivity contribution in [3.05, 3.63) is 10.4 Å². The number of anilines is 2. The normalized spacial score (nSPS) is 21.2. The maximum Gasteiger partial charge on any atom is 0.343 e. The number of carbonyl (C=O) groups is 1. The molecule has 96 valence electrons. The molecule has 18 heavy (non-hydrogen) atoms. The van der Waals surface area contributed by atoms with Crippen LogP contribution in [0.2, 0.25) is 0 Å². The highest BCUT2D eigenvalue weighted by molar-refractivity contribution is 7.17. The highest BCUT2D eigenvalue weighted by Gasteiger charge is 2.35. The van der Waals surface area contributed by atoms with E-state index in [9.17, 15) is 4.79 Å². The Balaban J connectivity index is 2.31. The minimum atomic E-state index is -0.469. The molecule has 1 aromatic rings. The third-order valence-electron chi connectivity index (χ3n) is 2.95. The van der Waals surface area contributed by atoms with Gasteiger partial charge in [-0.3, -0.25) is 0 Å². The molecule has 0 radical (unpaired) electrons. The van der Waals surface area contributed by atoms with E-state index in [4.69, 9.17) is 15.7 Å². The predicted octanol–water partition coefficient (Wildman–Crippen LogP) is 2.20. The summed E-state index contributed by atoms with van der Waals surface area (Å²) in [5, 5.41) is 12.9. The van der Waals surface area contributed by atoms with Crippen LogP contribution < -0.4 is 11.1 Å². The van der Waals surface area contributed by atoms with Gasteiger partial charge in [-0.1, -0.05) is 6.92 Å². The summed E-state index contributed by atoms with van der Waals surface area (Å²) >= 11 is 1.21. The van der Waals surface area contributed by atoms with Gasteiger partial charge < -0.3 is 15.8 Å². The number of nitriles is 1. The van der Waals surface area contributed by atoms with Crippen LogP contribution in [0.1, 0.15) is 35.5 Å². The second-order valence-electron chi connectivity index (χ2n) is 4.35. The Labute approximate surface area is 110 Å². The van der Waals surface area contributed by atoms with Crippen LogP contribution in [0.15, 0.2) is 0 Å². The van der Waals surface area contributed by atoms with Crippen molar-refractivity contribution >= 4 is 28.0 Å². The zero-order valence-corrected chi connectivity index (χ0v) is 11.1. The lowest BCUT2D eigenvalue weighted by atomic mass is 10.2. The number of ether oxygens (including phenoxy) is 1. The van der Waals surface area contributed by atoms with Crippen molar-refractivity contribution in [3.8, 4) is 6.07 Å². The molecule has 2 atom stereocenters. The molecule has 3 N–H and O–H groups in total. The van der Waals surface area contributed by atoms with Gasteiger partial charge in [-0.15, -0.1) is 11.3 Å². The molecule has 0 spiro atoms. The van der Waals surface area contributed by atoms with E-state index in [0.29, 0.717) is 27.4 Å². The molecule has 5 nitrogen and oxygen atoms in total. The fourth-order valence-corrected chi connectivity index (χ4v) is 2.69. The molecule has 2 rings (SSSR count). The standard InChI is InChI=1S/C12H15N3O2S/c1-3-17-12(16)9-10(14)8(5-13)18-11(9)15-7-4-6(7)2/h6-7,15H,3-4,14H2,1-2H3. The molecule has 0 saturated heterocycles. The quantitative estimate of drug-likeness (QED) is 0.815. The minimum absolute atomic E-state index is 0.219. The van der Waals surface area contributed by atoms with Crippen molar-refractivity contribution < 1.29 is 9.53 Å². The lowest BCUT2D eigenvalue weighted by Crippen LogP contribution is -2.11. The summed E-state index contributed by atoms with van der Waals surface area (Å²) in [6.45, 7) is 4.15. The number of nitrogens with zero attached hydrogens (tertiary/aromatic N) is 1. The van der Waals surface area contributed by atoms with Crippen molar-refractivity contribution in [3.63, 3.8) is 0 Å². The summed E-state index contributed by atoms with van der Waals surface area (Å²) in [6, 6.07) is 2.37. The molecule has 0 aromatic carbocycles. The van der Waals surface area contributed by atoms with Gasteiger partial charge in [0.1, 0.15) is 21.5 Å². The van der Waals surface area contributed by atoms with Crippen LogP contribution >= 0.6 is 11.3 Å². The van der Waals surface area contributed by atoms with Gasteiger partial charge in [0, 0.05) is 6.04 Å². The zero-order chi connectivity index (χ0) is 13.3. The Morgan fingerprint density at radius 2 is 2.39 bits per heavy atom.